The van der Waals surface area contributed by atoms with Gasteiger partial charge in [-0.25, -0.2) is 4.98 Å². The van der Waals surface area contributed by atoms with Gasteiger partial charge in [0.2, 0.25) is 0 Å². The Kier molecular flexibility index (Phi) is 3.26. The van der Waals surface area contributed by atoms with Crippen molar-refractivity contribution in [1.29, 1.82) is 5.26 Å². The lowest BCUT2D eigenvalue weighted by molar-refractivity contribution is 0.482. The summed E-state index contributed by atoms with van der Waals surface area (Å²) in [7, 11) is 0. The quantitative estimate of drug-likeness (QED) is 0.776. The van der Waals surface area contributed by atoms with Gasteiger partial charge in [0.1, 0.15) is 11.4 Å². The normalized spacial score (nSPS) is 14.7. The Hall–Kier alpha value is -1.34. The lowest BCUT2D eigenvalue weighted by Crippen LogP contribution is -2.35. The summed E-state index contributed by atoms with van der Waals surface area (Å²) in [6.07, 6.45) is 5.25. The van der Waals surface area contributed by atoms with E-state index in [4.69, 9.17) is 11.0 Å². The van der Waals surface area contributed by atoms with Crippen LogP contribution >= 0.6 is 0 Å². The van der Waals surface area contributed by atoms with E-state index in [9.17, 15) is 0 Å². The number of hydrogen-bond acceptors (Lipinski definition) is 3. The van der Waals surface area contributed by atoms with Gasteiger partial charge >= 0.3 is 0 Å². The molecule has 0 fully saturated rings. The highest BCUT2D eigenvalue weighted by molar-refractivity contribution is 5.01. The zero-order valence-electron chi connectivity index (χ0n) is 8.70. The second-order valence-corrected chi connectivity index (χ2v) is 3.67. The van der Waals surface area contributed by atoms with Gasteiger partial charge in [-0.05, 0) is 13.3 Å². The molecule has 0 saturated carbocycles. The largest absolute Gasteiger partial charge is 0.335 e. The first-order chi connectivity index (χ1) is 6.59. The first-order valence-electron chi connectivity index (χ1n) is 4.79. The van der Waals surface area contributed by atoms with Gasteiger partial charge in [0, 0.05) is 25.4 Å². The van der Waals surface area contributed by atoms with E-state index < -0.39 is 5.54 Å². The maximum Gasteiger partial charge on any atom is 0.108 e. The number of nitrogens with two attached hydrogens (primary N) is 1. The molecule has 1 heterocycles. The first kappa shape index (κ1) is 10.7. The SMILES string of the molecule is CCc1nccn1CCC(C)(N)C#N. The molecule has 0 radical (unpaired) electrons. The van der Waals surface area contributed by atoms with Gasteiger partial charge in [-0.2, -0.15) is 5.26 Å². The average molecular weight is 192 g/mol. The zero-order chi connectivity index (χ0) is 10.6. The Morgan fingerprint density at radius 1 is 1.71 bits per heavy atom. The van der Waals surface area contributed by atoms with Crippen LogP contribution in [0.15, 0.2) is 12.4 Å². The van der Waals surface area contributed by atoms with Gasteiger partial charge in [-0.1, -0.05) is 6.92 Å². The van der Waals surface area contributed by atoms with Crippen LogP contribution < -0.4 is 5.73 Å². The van der Waals surface area contributed by atoms with Gasteiger partial charge in [-0.3, -0.25) is 0 Å². The maximum atomic E-state index is 8.75. The summed E-state index contributed by atoms with van der Waals surface area (Å²) >= 11 is 0. The molecule has 4 heteroatoms. The highest BCUT2D eigenvalue weighted by Gasteiger charge is 2.17. The average Bonchev–Trinajstić information content (AvgIpc) is 2.62. The highest BCUT2D eigenvalue weighted by Crippen LogP contribution is 2.08. The fourth-order valence-corrected chi connectivity index (χ4v) is 1.27. The van der Waals surface area contributed by atoms with Crippen LogP contribution in [0.4, 0.5) is 0 Å². The standard InChI is InChI=1S/C10H16N4/c1-3-9-13-5-7-14(9)6-4-10(2,12)8-11/h5,7H,3-4,6,12H2,1-2H3. The Morgan fingerprint density at radius 2 is 2.43 bits per heavy atom. The third kappa shape index (κ3) is 2.57. The van der Waals surface area contributed by atoms with Crippen LogP contribution in [0.25, 0.3) is 0 Å². The molecule has 1 atom stereocenters. The number of imidazole rings is 1. The molecule has 0 spiro atoms. The Bertz CT molecular complexity index is 332. The van der Waals surface area contributed by atoms with Crippen molar-refractivity contribution in [2.24, 2.45) is 5.73 Å². The summed E-state index contributed by atoms with van der Waals surface area (Å²) in [5.74, 6) is 1.04. The molecule has 2 N–H and O–H groups in total. The second-order valence-electron chi connectivity index (χ2n) is 3.67. The molecule has 0 saturated heterocycles. The molecule has 0 aliphatic rings. The zero-order valence-corrected chi connectivity index (χ0v) is 8.70. The second kappa shape index (κ2) is 4.25. The third-order valence-corrected chi connectivity index (χ3v) is 2.25. The van der Waals surface area contributed by atoms with Crippen molar-refractivity contribution in [3.8, 4) is 6.07 Å². The number of nitriles is 1. The van der Waals surface area contributed by atoms with Crippen molar-refractivity contribution >= 4 is 0 Å². The number of hydrogen-bond donors (Lipinski definition) is 1. The van der Waals surface area contributed by atoms with Crippen molar-refractivity contribution in [2.45, 2.75) is 38.8 Å². The highest BCUT2D eigenvalue weighted by atomic mass is 15.1. The van der Waals surface area contributed by atoms with E-state index >= 15 is 0 Å². The third-order valence-electron chi connectivity index (χ3n) is 2.25. The molecule has 1 aromatic rings. The van der Waals surface area contributed by atoms with Crippen molar-refractivity contribution in [2.75, 3.05) is 0 Å². The van der Waals surface area contributed by atoms with Crippen molar-refractivity contribution in [1.82, 2.24) is 9.55 Å². The van der Waals surface area contributed by atoms with E-state index in [1.54, 1.807) is 13.1 Å². The summed E-state index contributed by atoms with van der Waals surface area (Å²) in [5, 5.41) is 8.75. The van der Waals surface area contributed by atoms with Crippen molar-refractivity contribution in [3.63, 3.8) is 0 Å². The van der Waals surface area contributed by atoms with Gasteiger partial charge < -0.3 is 10.3 Å². The smallest absolute Gasteiger partial charge is 0.108 e. The van der Waals surface area contributed by atoms with E-state index in [1.165, 1.54) is 0 Å². The predicted octanol–water partition coefficient (Wildman–Crippen LogP) is 1.08. The molecule has 14 heavy (non-hydrogen) atoms. The van der Waals surface area contributed by atoms with Gasteiger partial charge in [0.15, 0.2) is 0 Å². The Labute approximate surface area is 84.4 Å². The fraction of sp³-hybridized carbons (Fsp3) is 0.600. The van der Waals surface area contributed by atoms with Gasteiger partial charge in [-0.15, -0.1) is 0 Å². The van der Waals surface area contributed by atoms with Crippen LogP contribution in [0.2, 0.25) is 0 Å². The predicted molar refractivity (Wildman–Crippen MR) is 54.4 cm³/mol. The van der Waals surface area contributed by atoms with E-state index in [0.717, 1.165) is 18.8 Å². The van der Waals surface area contributed by atoms with Crippen LogP contribution in [-0.4, -0.2) is 15.1 Å². The number of aromatic nitrogens is 2. The topological polar surface area (TPSA) is 67.6 Å². The molecule has 1 aromatic heterocycles. The lowest BCUT2D eigenvalue weighted by atomic mass is 10.0. The summed E-state index contributed by atoms with van der Waals surface area (Å²) in [6.45, 7) is 4.56. The van der Waals surface area contributed by atoms with Crippen molar-refractivity contribution < 1.29 is 0 Å². The number of nitrogens with zero attached hydrogens (tertiary/aromatic N) is 3. The van der Waals surface area contributed by atoms with Crippen LogP contribution in [-0.2, 0) is 13.0 Å². The van der Waals surface area contributed by atoms with E-state index in [0.29, 0.717) is 6.42 Å². The van der Waals surface area contributed by atoms with Crippen LogP contribution in [0.3, 0.4) is 0 Å². The van der Waals surface area contributed by atoms with Crippen LogP contribution in [0.1, 0.15) is 26.1 Å². The Morgan fingerprint density at radius 3 is 3.00 bits per heavy atom. The van der Waals surface area contributed by atoms with E-state index in [1.807, 2.05) is 10.8 Å². The molecular weight excluding hydrogens is 176 g/mol. The van der Waals surface area contributed by atoms with Crippen molar-refractivity contribution in [3.05, 3.63) is 18.2 Å². The summed E-state index contributed by atoms with van der Waals surface area (Å²) < 4.78 is 2.04. The van der Waals surface area contributed by atoms with E-state index in [2.05, 4.69) is 18.0 Å². The summed E-state index contributed by atoms with van der Waals surface area (Å²) in [5.41, 5.74) is 4.99. The molecule has 76 valence electrons. The molecule has 0 aliphatic heterocycles. The van der Waals surface area contributed by atoms with Crippen LogP contribution in [0, 0.1) is 11.3 Å². The lowest BCUT2D eigenvalue weighted by Gasteiger charge is -2.16. The summed E-state index contributed by atoms with van der Waals surface area (Å²) in [4.78, 5) is 4.20. The fourth-order valence-electron chi connectivity index (χ4n) is 1.27. The molecule has 0 amide bonds. The minimum Gasteiger partial charge on any atom is -0.335 e. The minimum atomic E-state index is -0.741. The molecule has 1 unspecified atom stereocenters. The molecule has 0 aromatic carbocycles. The first-order valence-corrected chi connectivity index (χ1v) is 4.79. The van der Waals surface area contributed by atoms with Gasteiger partial charge in [0.25, 0.3) is 0 Å². The van der Waals surface area contributed by atoms with E-state index in [-0.39, 0.29) is 0 Å². The summed E-state index contributed by atoms with van der Waals surface area (Å²) in [6, 6.07) is 2.09. The molecule has 4 nitrogen and oxygen atoms in total. The van der Waals surface area contributed by atoms with Gasteiger partial charge in [0.05, 0.1) is 6.07 Å². The minimum absolute atomic E-state index is 0.646. The molecule has 1 rings (SSSR count). The van der Waals surface area contributed by atoms with Crippen LogP contribution in [0.5, 0.6) is 0 Å². The monoisotopic (exact) mass is 192 g/mol. The number of rotatable bonds is 4. The molecular formula is C10H16N4. The Balaban J connectivity index is 2.59. The number of aryl methyl sites for hydroxylation is 2. The maximum absolute atomic E-state index is 8.75. The molecule has 0 aliphatic carbocycles. The molecule has 0 bridgehead atoms.